The van der Waals surface area contributed by atoms with Crippen molar-refractivity contribution < 1.29 is 51.4 Å². The summed E-state index contributed by atoms with van der Waals surface area (Å²) in [6, 6.07) is 3.72. The zero-order chi connectivity index (χ0) is 31.1. The molecule has 0 fully saturated rings. The minimum Gasteiger partial charge on any atom is -0.481 e. The molecule has 0 aliphatic rings. The number of carbonyl (C=O) groups is 5. The van der Waals surface area contributed by atoms with Crippen LogP contribution in [0.25, 0.3) is 0 Å². The maximum absolute atomic E-state index is 13.8. The predicted octanol–water partition coefficient (Wildman–Crippen LogP) is 2.98. The number of rotatable bonds is 11. The number of para-hydroxylation sites is 1. The third-order valence-electron chi connectivity index (χ3n) is 5.71. The van der Waals surface area contributed by atoms with Crippen molar-refractivity contribution in [3.05, 3.63) is 59.2 Å². The average Bonchev–Trinajstić information content (AvgIpc) is 2.89. The number of hydrogen-bond donors (Lipinski definition) is 4. The lowest BCUT2D eigenvalue weighted by Gasteiger charge is -2.23. The van der Waals surface area contributed by atoms with Crippen molar-refractivity contribution in [3.8, 4) is 5.75 Å². The fourth-order valence-electron chi connectivity index (χ4n) is 3.55. The molecule has 0 heterocycles. The number of hydrogen-bond acceptors (Lipinski definition) is 6. The maximum Gasteiger partial charge on any atom is 0.313 e. The van der Waals surface area contributed by atoms with Crippen LogP contribution < -0.4 is 20.7 Å². The van der Waals surface area contributed by atoms with Crippen LogP contribution in [0.1, 0.15) is 46.1 Å². The second kappa shape index (κ2) is 13.7. The van der Waals surface area contributed by atoms with Crippen molar-refractivity contribution in [2.75, 3.05) is 11.9 Å². The van der Waals surface area contributed by atoms with Gasteiger partial charge in [0.25, 0.3) is 0 Å². The number of nitrogens with one attached hydrogen (secondary N) is 3. The van der Waals surface area contributed by atoms with Gasteiger partial charge in [-0.3, -0.25) is 24.0 Å². The van der Waals surface area contributed by atoms with E-state index in [-0.39, 0.29) is 11.5 Å². The summed E-state index contributed by atoms with van der Waals surface area (Å²) in [7, 11) is 0. The Kier molecular flexibility index (Phi) is 11.0. The molecule has 222 valence electrons. The van der Waals surface area contributed by atoms with Gasteiger partial charge in [-0.25, -0.2) is 8.78 Å². The Morgan fingerprint density at radius 2 is 1.51 bits per heavy atom. The molecule has 0 unspecified atom stereocenters. The SMILES string of the molecule is C[C@H](NC(=O)C(=O)Nc1ccccc1C(C)(C)C)C(=O)N[C@@H](CCC(=O)O)C(=O)COc1c(F)c(F)cc(F)c1F. The summed E-state index contributed by atoms with van der Waals surface area (Å²) < 4.78 is 59.1. The minimum atomic E-state index is -1.90. The Bertz CT molecular complexity index is 1320. The van der Waals surface area contributed by atoms with E-state index in [4.69, 9.17) is 5.11 Å². The van der Waals surface area contributed by atoms with Gasteiger partial charge in [-0.05, 0) is 30.4 Å². The van der Waals surface area contributed by atoms with Gasteiger partial charge in [0.15, 0.2) is 23.2 Å². The average molecular weight is 584 g/mol. The van der Waals surface area contributed by atoms with Crippen LogP contribution in [-0.4, -0.2) is 53.3 Å². The summed E-state index contributed by atoms with van der Waals surface area (Å²) in [5.74, 6) is -14.6. The molecule has 2 aromatic rings. The molecule has 0 bridgehead atoms. The van der Waals surface area contributed by atoms with Gasteiger partial charge in [-0.15, -0.1) is 0 Å². The topological polar surface area (TPSA) is 151 Å². The second-order valence-corrected chi connectivity index (χ2v) is 9.99. The Labute approximate surface area is 232 Å². The van der Waals surface area contributed by atoms with Gasteiger partial charge < -0.3 is 25.8 Å². The normalized spacial score (nSPS) is 12.6. The Hall–Kier alpha value is -4.49. The first-order chi connectivity index (χ1) is 19.0. The van der Waals surface area contributed by atoms with Crippen molar-refractivity contribution in [2.24, 2.45) is 0 Å². The lowest BCUT2D eigenvalue weighted by atomic mass is 9.86. The maximum atomic E-state index is 13.8. The van der Waals surface area contributed by atoms with E-state index in [2.05, 4.69) is 20.7 Å². The second-order valence-electron chi connectivity index (χ2n) is 9.99. The Morgan fingerprint density at radius 3 is 2.07 bits per heavy atom. The number of anilines is 1. The molecule has 41 heavy (non-hydrogen) atoms. The summed E-state index contributed by atoms with van der Waals surface area (Å²) in [6.07, 6.45) is -1.14. The molecular formula is C27H29F4N3O7. The molecule has 2 aromatic carbocycles. The van der Waals surface area contributed by atoms with Crippen molar-refractivity contribution in [1.29, 1.82) is 0 Å². The molecule has 10 nitrogen and oxygen atoms in total. The molecule has 14 heteroatoms. The van der Waals surface area contributed by atoms with Crippen molar-refractivity contribution >= 4 is 35.2 Å². The summed E-state index contributed by atoms with van der Waals surface area (Å²) in [4.78, 5) is 61.2. The highest BCUT2D eigenvalue weighted by Crippen LogP contribution is 2.29. The molecule has 0 saturated heterocycles. The van der Waals surface area contributed by atoms with E-state index in [9.17, 15) is 41.5 Å². The lowest BCUT2D eigenvalue weighted by molar-refractivity contribution is -0.139. The van der Waals surface area contributed by atoms with Crippen molar-refractivity contribution in [3.63, 3.8) is 0 Å². The van der Waals surface area contributed by atoms with E-state index in [1.54, 1.807) is 24.3 Å². The van der Waals surface area contributed by atoms with Gasteiger partial charge in [-0.2, -0.15) is 8.78 Å². The number of benzene rings is 2. The van der Waals surface area contributed by atoms with Crippen LogP contribution in [0.3, 0.4) is 0 Å². The highest BCUT2D eigenvalue weighted by atomic mass is 19.2. The summed E-state index contributed by atoms with van der Waals surface area (Å²) in [6.45, 7) is 5.69. The zero-order valence-electron chi connectivity index (χ0n) is 22.6. The fraction of sp³-hybridized carbons (Fsp3) is 0.370. The fourth-order valence-corrected chi connectivity index (χ4v) is 3.55. The largest absolute Gasteiger partial charge is 0.481 e. The molecule has 0 aliphatic carbocycles. The van der Waals surface area contributed by atoms with Gasteiger partial charge in [-0.1, -0.05) is 39.0 Å². The Balaban J connectivity index is 2.07. The van der Waals surface area contributed by atoms with Gasteiger partial charge in [0.05, 0.1) is 6.04 Å². The highest BCUT2D eigenvalue weighted by Gasteiger charge is 2.29. The number of Topliss-reactive ketones (excluding diaryl/α,β-unsaturated/α-hetero) is 1. The number of halogens is 4. The molecule has 0 saturated carbocycles. The van der Waals surface area contributed by atoms with Gasteiger partial charge in [0.2, 0.25) is 17.5 Å². The summed E-state index contributed by atoms with van der Waals surface area (Å²) >= 11 is 0. The van der Waals surface area contributed by atoms with Gasteiger partial charge in [0.1, 0.15) is 12.6 Å². The molecule has 2 rings (SSSR count). The van der Waals surface area contributed by atoms with Crippen LogP contribution in [-0.2, 0) is 29.4 Å². The number of amides is 3. The number of aliphatic carboxylic acids is 1. The van der Waals surface area contributed by atoms with E-state index < -0.39 is 90.0 Å². The number of carbonyl (C=O) groups excluding carboxylic acids is 4. The molecule has 0 aliphatic heterocycles. The molecule has 2 atom stereocenters. The van der Waals surface area contributed by atoms with Crippen molar-refractivity contribution in [1.82, 2.24) is 10.6 Å². The lowest BCUT2D eigenvalue weighted by Crippen LogP contribution is -2.52. The van der Waals surface area contributed by atoms with E-state index in [0.29, 0.717) is 5.69 Å². The first kappa shape index (κ1) is 32.7. The zero-order valence-corrected chi connectivity index (χ0v) is 22.6. The first-order valence-corrected chi connectivity index (χ1v) is 12.2. The number of carboxylic acid groups (broad SMARTS) is 1. The number of ether oxygens (including phenoxy) is 1. The summed E-state index contributed by atoms with van der Waals surface area (Å²) in [5.41, 5.74) is 0.757. The van der Waals surface area contributed by atoms with E-state index in [0.717, 1.165) is 5.56 Å². The van der Waals surface area contributed by atoms with Gasteiger partial charge in [0, 0.05) is 18.2 Å². The monoisotopic (exact) mass is 583 g/mol. The first-order valence-electron chi connectivity index (χ1n) is 12.2. The van der Waals surface area contributed by atoms with Crippen LogP contribution >= 0.6 is 0 Å². The Morgan fingerprint density at radius 1 is 0.927 bits per heavy atom. The highest BCUT2D eigenvalue weighted by molar-refractivity contribution is 6.40. The molecular weight excluding hydrogens is 554 g/mol. The van der Waals surface area contributed by atoms with E-state index in [1.807, 2.05) is 20.8 Å². The standard InChI is InChI=1S/C27H29F4N3O7/c1-13(32-25(39)26(40)33-17-8-6-5-7-14(17)27(2,3)4)24(38)34-18(9-10-20(36)37)19(35)12-41-23-21(30)15(28)11-16(29)22(23)31/h5-8,11,13,18H,9-10,12H2,1-4H3,(H,32,39)(H,33,40)(H,34,38)(H,36,37)/t13-,18-/m0/s1. The molecule has 0 radical (unpaired) electrons. The van der Waals surface area contributed by atoms with Crippen LogP contribution in [0.2, 0.25) is 0 Å². The number of ketones is 1. The number of carboxylic acids is 1. The van der Waals surface area contributed by atoms with Crippen LogP contribution in [0, 0.1) is 23.3 Å². The van der Waals surface area contributed by atoms with Crippen LogP contribution in [0.15, 0.2) is 30.3 Å². The predicted molar refractivity (Wildman–Crippen MR) is 137 cm³/mol. The molecule has 3 amide bonds. The molecule has 4 N–H and O–H groups in total. The smallest absolute Gasteiger partial charge is 0.313 e. The van der Waals surface area contributed by atoms with Gasteiger partial charge >= 0.3 is 17.8 Å². The molecule has 0 aromatic heterocycles. The van der Waals surface area contributed by atoms with Crippen LogP contribution in [0.4, 0.5) is 23.2 Å². The third kappa shape index (κ3) is 9.01. The quantitative estimate of drug-likeness (QED) is 0.180. The summed E-state index contributed by atoms with van der Waals surface area (Å²) in [5, 5.41) is 15.7. The van der Waals surface area contributed by atoms with E-state index in [1.165, 1.54) is 6.92 Å². The third-order valence-corrected chi connectivity index (χ3v) is 5.71. The van der Waals surface area contributed by atoms with Crippen LogP contribution in [0.5, 0.6) is 5.75 Å². The molecule has 0 spiro atoms. The minimum absolute atomic E-state index is 0.0610. The van der Waals surface area contributed by atoms with Crippen molar-refractivity contribution in [2.45, 2.75) is 58.0 Å². The van der Waals surface area contributed by atoms with E-state index >= 15 is 0 Å².